The molecular formula is C32H33NO4. The van der Waals surface area contributed by atoms with Crippen LogP contribution in [0.3, 0.4) is 0 Å². The molecule has 5 nitrogen and oxygen atoms in total. The van der Waals surface area contributed by atoms with Gasteiger partial charge in [0.05, 0.1) is 5.56 Å². The summed E-state index contributed by atoms with van der Waals surface area (Å²) in [5, 5.41) is 9.38. The number of nitrogens with two attached hydrogens (primary N) is 1. The van der Waals surface area contributed by atoms with Crippen molar-refractivity contribution in [2.75, 3.05) is 0 Å². The topological polar surface area (TPSA) is 89.6 Å². The summed E-state index contributed by atoms with van der Waals surface area (Å²) in [4.78, 5) is 24.8. The number of fused-ring (bicyclic) bond motifs is 2. The first-order valence-electron chi connectivity index (χ1n) is 13.0. The van der Waals surface area contributed by atoms with Gasteiger partial charge in [0.15, 0.2) is 0 Å². The highest BCUT2D eigenvalue weighted by atomic mass is 16.5. The van der Waals surface area contributed by atoms with Crippen LogP contribution in [0.15, 0.2) is 78.4 Å². The molecule has 2 aliphatic rings. The quantitative estimate of drug-likeness (QED) is 0.388. The Labute approximate surface area is 218 Å². The standard InChI is InChI=1S/C32H33NO4/c1-3-20(2)28(33)31(36)37-29-27-11-7-6-10-25(27)19-32(29,18-21-12-14-22(15-13-21)30(34)35)26-16-23-8-4-5-9-24(23)17-26/h4-16,20,28-29H,3,17-19,33H2,1-2H3,(H,34,35)/t20-,28-,29+,32-/m0/s1. The van der Waals surface area contributed by atoms with Crippen LogP contribution >= 0.6 is 0 Å². The number of carboxylic acid groups (broad SMARTS) is 1. The van der Waals surface area contributed by atoms with Gasteiger partial charge in [-0.3, -0.25) is 4.79 Å². The minimum absolute atomic E-state index is 0.0112. The minimum Gasteiger partial charge on any atom is -0.478 e. The zero-order valence-electron chi connectivity index (χ0n) is 21.3. The van der Waals surface area contributed by atoms with E-state index in [2.05, 4.69) is 36.4 Å². The van der Waals surface area contributed by atoms with Crippen LogP contribution in [0.4, 0.5) is 0 Å². The Hall–Kier alpha value is -3.70. The van der Waals surface area contributed by atoms with Crippen LogP contribution in [0, 0.1) is 11.3 Å². The first-order valence-corrected chi connectivity index (χ1v) is 13.0. The van der Waals surface area contributed by atoms with E-state index in [1.807, 2.05) is 44.2 Å². The molecule has 0 saturated carbocycles. The molecule has 5 heteroatoms. The normalized spacial score (nSPS) is 21.5. The van der Waals surface area contributed by atoms with E-state index in [0.717, 1.165) is 36.0 Å². The van der Waals surface area contributed by atoms with E-state index in [1.54, 1.807) is 12.1 Å². The predicted molar refractivity (Wildman–Crippen MR) is 144 cm³/mol. The van der Waals surface area contributed by atoms with Crippen LogP contribution in [-0.2, 0) is 28.8 Å². The van der Waals surface area contributed by atoms with Crippen molar-refractivity contribution in [2.45, 2.75) is 51.7 Å². The van der Waals surface area contributed by atoms with Gasteiger partial charge in [-0.1, -0.05) is 92.6 Å². The second-order valence-corrected chi connectivity index (χ2v) is 10.5. The lowest BCUT2D eigenvalue weighted by Crippen LogP contribution is -2.41. The number of rotatable bonds is 8. The number of hydrogen-bond acceptors (Lipinski definition) is 4. The Morgan fingerprint density at radius 2 is 1.70 bits per heavy atom. The largest absolute Gasteiger partial charge is 0.478 e. The van der Waals surface area contributed by atoms with Gasteiger partial charge in [0, 0.05) is 5.41 Å². The zero-order chi connectivity index (χ0) is 26.2. The van der Waals surface area contributed by atoms with Crippen LogP contribution in [0.2, 0.25) is 0 Å². The molecular weight excluding hydrogens is 462 g/mol. The number of carboxylic acids is 1. The van der Waals surface area contributed by atoms with Crippen molar-refractivity contribution >= 4 is 18.0 Å². The molecule has 37 heavy (non-hydrogen) atoms. The molecule has 0 unspecified atom stereocenters. The lowest BCUT2D eigenvalue weighted by molar-refractivity contribution is -0.157. The Morgan fingerprint density at radius 3 is 2.38 bits per heavy atom. The molecule has 0 heterocycles. The number of esters is 1. The summed E-state index contributed by atoms with van der Waals surface area (Å²) in [7, 11) is 0. The molecule has 0 aliphatic heterocycles. The molecule has 0 amide bonds. The minimum atomic E-state index is -0.950. The summed E-state index contributed by atoms with van der Waals surface area (Å²) in [6, 6.07) is 22.9. The van der Waals surface area contributed by atoms with Crippen molar-refractivity contribution in [2.24, 2.45) is 17.1 Å². The first-order chi connectivity index (χ1) is 17.8. The SMILES string of the molecule is CC[C@H](C)[C@H](N)C(=O)O[C@@H]1c2ccccc2C[C@@]1(Cc1ccc(C(=O)O)cc1)C1=Cc2ccccc2C1. The molecule has 4 atom stereocenters. The van der Waals surface area contributed by atoms with Gasteiger partial charge in [0.2, 0.25) is 0 Å². The summed E-state index contributed by atoms with van der Waals surface area (Å²) in [6.07, 6.45) is 4.66. The fourth-order valence-electron chi connectivity index (χ4n) is 5.82. The van der Waals surface area contributed by atoms with E-state index >= 15 is 0 Å². The summed E-state index contributed by atoms with van der Waals surface area (Å²) < 4.78 is 6.39. The number of benzene rings is 3. The van der Waals surface area contributed by atoms with E-state index in [4.69, 9.17) is 10.5 Å². The summed E-state index contributed by atoms with van der Waals surface area (Å²) >= 11 is 0. The maximum absolute atomic E-state index is 13.4. The third-order valence-electron chi connectivity index (χ3n) is 8.23. The third-order valence-corrected chi connectivity index (χ3v) is 8.23. The average molecular weight is 496 g/mol. The van der Waals surface area contributed by atoms with E-state index in [1.165, 1.54) is 16.7 Å². The molecule has 3 aromatic rings. The molecule has 190 valence electrons. The average Bonchev–Trinajstić information content (AvgIpc) is 3.48. The van der Waals surface area contributed by atoms with Crippen molar-refractivity contribution in [3.63, 3.8) is 0 Å². The summed E-state index contributed by atoms with van der Waals surface area (Å²) in [6.45, 7) is 4.00. The Kier molecular flexibility index (Phi) is 6.74. The fraction of sp³-hybridized carbons (Fsp3) is 0.312. The van der Waals surface area contributed by atoms with Gasteiger partial charge in [-0.2, -0.15) is 0 Å². The smallest absolute Gasteiger partial charge is 0.335 e. The van der Waals surface area contributed by atoms with Crippen LogP contribution in [0.5, 0.6) is 0 Å². The van der Waals surface area contributed by atoms with Crippen molar-refractivity contribution in [1.29, 1.82) is 0 Å². The lowest BCUT2D eigenvalue weighted by atomic mass is 9.70. The van der Waals surface area contributed by atoms with Gasteiger partial charge in [0.1, 0.15) is 12.1 Å². The van der Waals surface area contributed by atoms with Crippen molar-refractivity contribution in [3.05, 3.63) is 112 Å². The predicted octanol–water partition coefficient (Wildman–Crippen LogP) is 5.77. The monoisotopic (exact) mass is 495 g/mol. The molecule has 0 radical (unpaired) electrons. The second kappa shape index (κ2) is 9.98. The molecule has 5 rings (SSSR count). The molecule has 0 aromatic heterocycles. The summed E-state index contributed by atoms with van der Waals surface area (Å²) in [5.74, 6) is -1.32. The number of ether oxygens (including phenoxy) is 1. The molecule has 0 bridgehead atoms. The molecule has 3 aromatic carbocycles. The number of carbonyl (C=O) groups excluding carboxylic acids is 1. The van der Waals surface area contributed by atoms with Crippen LogP contribution in [-0.4, -0.2) is 23.1 Å². The Balaban J connectivity index is 1.60. The molecule has 0 fully saturated rings. The number of hydrogen-bond donors (Lipinski definition) is 2. The number of aromatic carboxylic acids is 1. The lowest BCUT2D eigenvalue weighted by Gasteiger charge is -2.38. The van der Waals surface area contributed by atoms with Crippen molar-refractivity contribution < 1.29 is 19.4 Å². The van der Waals surface area contributed by atoms with E-state index in [9.17, 15) is 14.7 Å². The van der Waals surface area contributed by atoms with Gasteiger partial charge in [-0.15, -0.1) is 0 Å². The first kappa shape index (κ1) is 25.0. The molecule has 0 spiro atoms. The van der Waals surface area contributed by atoms with Crippen molar-refractivity contribution in [1.82, 2.24) is 0 Å². The van der Waals surface area contributed by atoms with Gasteiger partial charge in [0.25, 0.3) is 0 Å². The number of carbonyl (C=O) groups is 2. The second-order valence-electron chi connectivity index (χ2n) is 10.5. The highest BCUT2D eigenvalue weighted by molar-refractivity contribution is 5.87. The Bertz CT molecular complexity index is 1360. The maximum Gasteiger partial charge on any atom is 0.335 e. The van der Waals surface area contributed by atoms with Crippen LogP contribution in [0.25, 0.3) is 6.08 Å². The van der Waals surface area contributed by atoms with Gasteiger partial charge >= 0.3 is 11.9 Å². The van der Waals surface area contributed by atoms with Gasteiger partial charge in [-0.25, -0.2) is 4.79 Å². The maximum atomic E-state index is 13.4. The van der Waals surface area contributed by atoms with E-state index < -0.39 is 23.5 Å². The van der Waals surface area contributed by atoms with E-state index in [0.29, 0.717) is 6.42 Å². The van der Waals surface area contributed by atoms with Gasteiger partial charge in [-0.05, 0) is 65.1 Å². The molecule has 0 saturated heterocycles. The fourth-order valence-corrected chi connectivity index (χ4v) is 5.82. The molecule has 2 aliphatic carbocycles. The highest BCUT2D eigenvalue weighted by Crippen LogP contribution is 2.56. The molecule has 3 N–H and O–H groups in total. The summed E-state index contributed by atoms with van der Waals surface area (Å²) in [5.41, 5.74) is 12.9. The van der Waals surface area contributed by atoms with E-state index in [-0.39, 0.29) is 17.5 Å². The van der Waals surface area contributed by atoms with Crippen LogP contribution < -0.4 is 5.73 Å². The van der Waals surface area contributed by atoms with Crippen molar-refractivity contribution in [3.8, 4) is 0 Å². The highest BCUT2D eigenvalue weighted by Gasteiger charge is 2.52. The van der Waals surface area contributed by atoms with Crippen LogP contribution in [0.1, 0.15) is 64.5 Å². The zero-order valence-corrected chi connectivity index (χ0v) is 21.3. The van der Waals surface area contributed by atoms with Gasteiger partial charge < -0.3 is 15.6 Å². The Morgan fingerprint density at radius 1 is 1.03 bits per heavy atom. The third kappa shape index (κ3) is 4.60.